The molecule has 25 heavy (non-hydrogen) atoms. The number of carbonyl (C=O) groups is 1. The smallest absolute Gasteiger partial charge is 0.226 e. The van der Waals surface area contributed by atoms with Gasteiger partial charge in [0.05, 0.1) is 17.0 Å². The van der Waals surface area contributed by atoms with Gasteiger partial charge < -0.3 is 15.0 Å². The first-order chi connectivity index (χ1) is 12.3. The molecule has 1 unspecified atom stereocenters. The average Bonchev–Trinajstić information content (AvgIpc) is 3.07. The van der Waals surface area contributed by atoms with Gasteiger partial charge in [-0.05, 0) is 36.6 Å². The first-order valence-electron chi connectivity index (χ1n) is 8.71. The Hall–Kier alpha value is -2.82. The minimum Gasteiger partial charge on any atom is -0.492 e. The number of imidazole rings is 1. The van der Waals surface area contributed by atoms with E-state index in [9.17, 15) is 4.79 Å². The molecule has 0 fully saturated rings. The Bertz CT molecular complexity index is 854. The van der Waals surface area contributed by atoms with Gasteiger partial charge in [0.2, 0.25) is 5.91 Å². The fourth-order valence-electron chi connectivity index (χ4n) is 3.23. The Morgan fingerprint density at radius 2 is 2.04 bits per heavy atom. The van der Waals surface area contributed by atoms with Crippen LogP contribution in [0.1, 0.15) is 17.8 Å². The Labute approximate surface area is 146 Å². The number of hydrogen-bond acceptors (Lipinski definition) is 3. The minimum atomic E-state index is -0.110. The molecule has 0 bridgehead atoms. The van der Waals surface area contributed by atoms with Crippen LogP contribution in [0.15, 0.2) is 48.5 Å². The van der Waals surface area contributed by atoms with Crippen molar-refractivity contribution >= 4 is 16.9 Å². The van der Waals surface area contributed by atoms with Crippen LogP contribution in [0.25, 0.3) is 11.0 Å². The summed E-state index contributed by atoms with van der Waals surface area (Å²) in [5.74, 6) is 1.82. The standard InChI is InChI=1S/C20H21N3O2/c24-20(15-12-14-6-1-4-9-18(14)25-13-15)21-11-5-10-19-22-16-7-2-3-8-17(16)23-19/h1-4,6-9,15H,5,10-13H2,(H,21,24)(H,22,23). The largest absolute Gasteiger partial charge is 0.492 e. The van der Waals surface area contributed by atoms with Crippen molar-refractivity contribution in [3.63, 3.8) is 0 Å². The fourth-order valence-corrected chi connectivity index (χ4v) is 3.23. The molecule has 1 amide bonds. The maximum absolute atomic E-state index is 12.3. The van der Waals surface area contributed by atoms with Crippen molar-refractivity contribution in [1.82, 2.24) is 15.3 Å². The molecule has 1 atom stereocenters. The lowest BCUT2D eigenvalue weighted by Crippen LogP contribution is -2.37. The molecule has 2 heterocycles. The molecule has 5 heteroatoms. The van der Waals surface area contributed by atoms with Crippen LogP contribution in [-0.4, -0.2) is 29.0 Å². The maximum Gasteiger partial charge on any atom is 0.226 e. The van der Waals surface area contributed by atoms with Gasteiger partial charge in [-0.25, -0.2) is 4.98 Å². The molecule has 128 valence electrons. The second-order valence-corrected chi connectivity index (χ2v) is 6.42. The molecule has 3 aromatic rings. The van der Waals surface area contributed by atoms with Gasteiger partial charge >= 0.3 is 0 Å². The van der Waals surface area contributed by atoms with E-state index >= 15 is 0 Å². The van der Waals surface area contributed by atoms with Gasteiger partial charge in [-0.2, -0.15) is 0 Å². The number of carbonyl (C=O) groups excluding carboxylic acids is 1. The number of rotatable bonds is 5. The number of aryl methyl sites for hydroxylation is 1. The van der Waals surface area contributed by atoms with Crippen LogP contribution in [0.2, 0.25) is 0 Å². The van der Waals surface area contributed by atoms with Crippen LogP contribution in [0.3, 0.4) is 0 Å². The molecule has 0 radical (unpaired) electrons. The predicted octanol–water partition coefficient (Wildman–Crippen LogP) is 2.86. The van der Waals surface area contributed by atoms with E-state index in [0.29, 0.717) is 13.2 Å². The molecule has 0 saturated heterocycles. The number of amides is 1. The highest BCUT2D eigenvalue weighted by molar-refractivity contribution is 5.79. The van der Waals surface area contributed by atoms with Gasteiger partial charge in [-0.15, -0.1) is 0 Å². The summed E-state index contributed by atoms with van der Waals surface area (Å²) >= 11 is 0. The van der Waals surface area contributed by atoms with Crippen molar-refractivity contribution in [2.75, 3.05) is 13.2 Å². The van der Waals surface area contributed by atoms with Crippen molar-refractivity contribution in [1.29, 1.82) is 0 Å². The highest BCUT2D eigenvalue weighted by Gasteiger charge is 2.25. The number of ether oxygens (including phenoxy) is 1. The summed E-state index contributed by atoms with van der Waals surface area (Å²) in [6.07, 6.45) is 2.42. The van der Waals surface area contributed by atoms with Gasteiger partial charge in [0.1, 0.15) is 18.2 Å². The zero-order valence-corrected chi connectivity index (χ0v) is 14.0. The summed E-state index contributed by atoms with van der Waals surface area (Å²) in [7, 11) is 0. The van der Waals surface area contributed by atoms with Gasteiger partial charge in [0.15, 0.2) is 0 Å². The maximum atomic E-state index is 12.3. The second kappa shape index (κ2) is 6.97. The number of nitrogens with zero attached hydrogens (tertiary/aromatic N) is 1. The molecule has 5 nitrogen and oxygen atoms in total. The van der Waals surface area contributed by atoms with Gasteiger partial charge in [-0.3, -0.25) is 4.79 Å². The fraction of sp³-hybridized carbons (Fsp3) is 0.300. The van der Waals surface area contributed by atoms with Crippen molar-refractivity contribution in [3.05, 3.63) is 59.9 Å². The lowest BCUT2D eigenvalue weighted by molar-refractivity contribution is -0.126. The summed E-state index contributed by atoms with van der Waals surface area (Å²) < 4.78 is 5.69. The van der Waals surface area contributed by atoms with E-state index in [4.69, 9.17) is 4.74 Å². The predicted molar refractivity (Wildman–Crippen MR) is 96.6 cm³/mol. The second-order valence-electron chi connectivity index (χ2n) is 6.42. The van der Waals surface area contributed by atoms with E-state index in [2.05, 4.69) is 15.3 Å². The van der Waals surface area contributed by atoms with E-state index in [1.54, 1.807) is 0 Å². The van der Waals surface area contributed by atoms with Gasteiger partial charge in [0.25, 0.3) is 0 Å². The lowest BCUT2D eigenvalue weighted by atomic mass is 9.96. The van der Waals surface area contributed by atoms with Crippen LogP contribution in [0, 0.1) is 5.92 Å². The normalized spacial score (nSPS) is 16.2. The number of aromatic amines is 1. The van der Waals surface area contributed by atoms with Gasteiger partial charge in [-0.1, -0.05) is 30.3 Å². The number of aromatic nitrogens is 2. The summed E-state index contributed by atoms with van der Waals surface area (Å²) in [6, 6.07) is 15.9. The van der Waals surface area contributed by atoms with Crippen LogP contribution in [0.4, 0.5) is 0 Å². The molecular formula is C20H21N3O2. The summed E-state index contributed by atoms with van der Waals surface area (Å²) in [5.41, 5.74) is 3.15. The van der Waals surface area contributed by atoms with Crippen molar-refractivity contribution in [2.45, 2.75) is 19.3 Å². The third kappa shape index (κ3) is 3.50. The van der Waals surface area contributed by atoms with E-state index in [-0.39, 0.29) is 11.8 Å². The molecule has 0 spiro atoms. The first-order valence-corrected chi connectivity index (χ1v) is 8.71. The Kier molecular flexibility index (Phi) is 4.37. The zero-order chi connectivity index (χ0) is 17.1. The number of fused-ring (bicyclic) bond motifs is 2. The van der Waals surface area contributed by atoms with E-state index in [1.165, 1.54) is 0 Å². The number of hydrogen-bond donors (Lipinski definition) is 2. The van der Waals surface area contributed by atoms with Crippen LogP contribution < -0.4 is 10.1 Å². The Balaban J connectivity index is 1.25. The van der Waals surface area contributed by atoms with E-state index in [0.717, 1.165) is 47.4 Å². The molecule has 2 aromatic carbocycles. The number of nitrogens with one attached hydrogen (secondary N) is 2. The van der Waals surface area contributed by atoms with Crippen LogP contribution in [-0.2, 0) is 17.6 Å². The third-order valence-corrected chi connectivity index (χ3v) is 4.58. The Morgan fingerprint density at radius 1 is 1.20 bits per heavy atom. The first kappa shape index (κ1) is 15.7. The molecule has 0 saturated carbocycles. The number of benzene rings is 2. The number of para-hydroxylation sites is 3. The third-order valence-electron chi connectivity index (χ3n) is 4.58. The summed E-state index contributed by atoms with van der Waals surface area (Å²) in [5, 5.41) is 3.03. The molecule has 1 aliphatic rings. The highest BCUT2D eigenvalue weighted by Crippen LogP contribution is 2.26. The van der Waals surface area contributed by atoms with Gasteiger partial charge in [0, 0.05) is 13.0 Å². The molecule has 1 aromatic heterocycles. The highest BCUT2D eigenvalue weighted by atomic mass is 16.5. The molecule has 0 aliphatic carbocycles. The molecule has 4 rings (SSSR count). The molecule has 1 aliphatic heterocycles. The topological polar surface area (TPSA) is 67.0 Å². The van der Waals surface area contributed by atoms with Crippen molar-refractivity contribution in [2.24, 2.45) is 5.92 Å². The minimum absolute atomic E-state index is 0.0686. The number of H-pyrrole nitrogens is 1. The lowest BCUT2D eigenvalue weighted by Gasteiger charge is -2.24. The summed E-state index contributed by atoms with van der Waals surface area (Å²) in [4.78, 5) is 20.2. The van der Waals surface area contributed by atoms with Crippen molar-refractivity contribution in [3.8, 4) is 5.75 Å². The van der Waals surface area contributed by atoms with E-state index in [1.807, 2.05) is 48.5 Å². The average molecular weight is 335 g/mol. The monoisotopic (exact) mass is 335 g/mol. The van der Waals surface area contributed by atoms with Crippen LogP contribution >= 0.6 is 0 Å². The SMILES string of the molecule is O=C(NCCCc1nc2ccccc2[nH]1)C1COc2ccccc2C1. The molecular weight excluding hydrogens is 314 g/mol. The quantitative estimate of drug-likeness (QED) is 0.705. The zero-order valence-electron chi connectivity index (χ0n) is 14.0. The van der Waals surface area contributed by atoms with Crippen LogP contribution in [0.5, 0.6) is 5.75 Å². The Morgan fingerprint density at radius 3 is 2.96 bits per heavy atom. The van der Waals surface area contributed by atoms with Crippen molar-refractivity contribution < 1.29 is 9.53 Å². The van der Waals surface area contributed by atoms with E-state index < -0.39 is 0 Å². The molecule has 2 N–H and O–H groups in total. The summed E-state index contributed by atoms with van der Waals surface area (Å²) in [6.45, 7) is 1.10.